The minimum atomic E-state index is -0.274. The molecule has 0 atom stereocenters. The lowest BCUT2D eigenvalue weighted by Crippen LogP contribution is -2.33. The second-order valence-electron chi connectivity index (χ2n) is 5.47. The summed E-state index contributed by atoms with van der Waals surface area (Å²) in [6.07, 6.45) is 2.89. The van der Waals surface area contributed by atoms with Crippen molar-refractivity contribution in [2.24, 2.45) is 0 Å². The summed E-state index contributed by atoms with van der Waals surface area (Å²) in [7, 11) is 1.66. The summed E-state index contributed by atoms with van der Waals surface area (Å²) < 4.78 is 11.9. The van der Waals surface area contributed by atoms with E-state index in [-0.39, 0.29) is 18.0 Å². The number of amides is 1. The van der Waals surface area contributed by atoms with Gasteiger partial charge >= 0.3 is 0 Å². The first-order chi connectivity index (χ1) is 11.0. The average Bonchev–Trinajstić information content (AvgIpc) is 3.11. The Morgan fingerprint density at radius 3 is 2.87 bits per heavy atom. The van der Waals surface area contributed by atoms with Gasteiger partial charge in [0, 0.05) is 12.6 Å². The van der Waals surface area contributed by atoms with Gasteiger partial charge in [0.2, 0.25) is 11.6 Å². The first-order valence-corrected chi connectivity index (χ1v) is 7.19. The fourth-order valence-electron chi connectivity index (χ4n) is 2.37. The number of rotatable bonds is 4. The third-order valence-electron chi connectivity index (χ3n) is 3.86. The van der Waals surface area contributed by atoms with Crippen molar-refractivity contribution < 1.29 is 13.6 Å². The minimum Gasteiger partial charge on any atom is -0.467 e. The molecule has 0 radical (unpaired) electrons. The second kappa shape index (κ2) is 5.75. The zero-order chi connectivity index (χ0) is 16.6. The standard InChI is InChI=1S/C16H17N3O4/c1-10-11(2)23-15-14(10)16(21)19(9-17-15)8-13(20)18(3)7-12-5-4-6-22-12/h4-6,9H,7-8H2,1-3H3. The lowest BCUT2D eigenvalue weighted by molar-refractivity contribution is -0.131. The molecule has 7 heteroatoms. The van der Waals surface area contributed by atoms with Crippen molar-refractivity contribution in [3.63, 3.8) is 0 Å². The Balaban J connectivity index is 1.83. The van der Waals surface area contributed by atoms with Gasteiger partial charge in [-0.1, -0.05) is 0 Å². The van der Waals surface area contributed by atoms with Gasteiger partial charge in [-0.25, -0.2) is 4.98 Å². The van der Waals surface area contributed by atoms with Gasteiger partial charge in [0.15, 0.2) is 0 Å². The van der Waals surface area contributed by atoms with Crippen LogP contribution in [-0.4, -0.2) is 27.4 Å². The number of nitrogens with zero attached hydrogens (tertiary/aromatic N) is 3. The Morgan fingerprint density at radius 1 is 1.39 bits per heavy atom. The lowest BCUT2D eigenvalue weighted by atomic mass is 10.2. The smallest absolute Gasteiger partial charge is 0.265 e. The molecule has 1 amide bonds. The normalized spacial score (nSPS) is 11.1. The molecule has 3 aromatic heterocycles. The van der Waals surface area contributed by atoms with E-state index in [9.17, 15) is 9.59 Å². The van der Waals surface area contributed by atoms with Crippen LogP contribution < -0.4 is 5.56 Å². The highest BCUT2D eigenvalue weighted by Gasteiger charge is 2.17. The van der Waals surface area contributed by atoms with Gasteiger partial charge in [0.1, 0.15) is 29.8 Å². The summed E-state index contributed by atoms with van der Waals surface area (Å²) in [5, 5.41) is 0.423. The van der Waals surface area contributed by atoms with E-state index < -0.39 is 0 Å². The van der Waals surface area contributed by atoms with Crippen LogP contribution in [0.2, 0.25) is 0 Å². The third kappa shape index (κ3) is 2.77. The van der Waals surface area contributed by atoms with Crippen LogP contribution in [0, 0.1) is 13.8 Å². The number of carbonyl (C=O) groups excluding carboxylic acids is 1. The van der Waals surface area contributed by atoms with Crippen molar-refractivity contribution in [1.29, 1.82) is 0 Å². The van der Waals surface area contributed by atoms with Gasteiger partial charge in [0.25, 0.3) is 5.56 Å². The summed E-state index contributed by atoms with van der Waals surface area (Å²) in [5.74, 6) is 1.13. The highest BCUT2D eigenvalue weighted by molar-refractivity contribution is 5.79. The predicted octanol–water partition coefficient (Wildman–Crippen LogP) is 1.86. The molecule has 23 heavy (non-hydrogen) atoms. The molecule has 3 heterocycles. The number of hydrogen-bond acceptors (Lipinski definition) is 5. The van der Waals surface area contributed by atoms with E-state index in [4.69, 9.17) is 8.83 Å². The molecule has 0 aromatic carbocycles. The van der Waals surface area contributed by atoms with Crippen LogP contribution in [0.5, 0.6) is 0 Å². The van der Waals surface area contributed by atoms with Crippen LogP contribution in [0.4, 0.5) is 0 Å². The molecule has 3 aromatic rings. The van der Waals surface area contributed by atoms with Gasteiger partial charge in [-0.2, -0.15) is 0 Å². The number of aryl methyl sites for hydroxylation is 2. The molecule has 0 unspecified atom stereocenters. The summed E-state index contributed by atoms with van der Waals surface area (Å²) in [4.78, 5) is 30.4. The zero-order valence-electron chi connectivity index (χ0n) is 13.2. The number of likely N-dealkylation sites (N-methyl/N-ethyl adjacent to an activating group) is 1. The van der Waals surface area contributed by atoms with E-state index in [1.165, 1.54) is 15.8 Å². The Labute approximate surface area is 132 Å². The predicted molar refractivity (Wildman–Crippen MR) is 82.9 cm³/mol. The quantitative estimate of drug-likeness (QED) is 0.734. The molecule has 0 aliphatic heterocycles. The molecular weight excluding hydrogens is 298 g/mol. The molecule has 0 saturated heterocycles. The maximum absolute atomic E-state index is 12.5. The minimum absolute atomic E-state index is 0.0807. The third-order valence-corrected chi connectivity index (χ3v) is 3.86. The van der Waals surface area contributed by atoms with Gasteiger partial charge in [-0.15, -0.1) is 0 Å². The van der Waals surface area contributed by atoms with Gasteiger partial charge in [0.05, 0.1) is 12.8 Å². The SMILES string of the molecule is Cc1oc2ncn(CC(=O)N(C)Cc3ccco3)c(=O)c2c1C. The van der Waals surface area contributed by atoms with Crippen LogP contribution in [0.15, 0.2) is 38.4 Å². The van der Waals surface area contributed by atoms with E-state index in [0.717, 1.165) is 5.56 Å². The molecule has 0 fully saturated rings. The topological polar surface area (TPSA) is 81.5 Å². The summed E-state index contributed by atoms with van der Waals surface area (Å²) in [6.45, 7) is 3.85. The first-order valence-electron chi connectivity index (χ1n) is 7.19. The van der Waals surface area contributed by atoms with Crippen LogP contribution >= 0.6 is 0 Å². The van der Waals surface area contributed by atoms with Gasteiger partial charge in [-0.05, 0) is 26.0 Å². The zero-order valence-corrected chi connectivity index (χ0v) is 13.2. The molecule has 0 spiro atoms. The monoisotopic (exact) mass is 315 g/mol. The molecule has 3 rings (SSSR count). The van der Waals surface area contributed by atoms with E-state index in [2.05, 4.69) is 4.98 Å². The van der Waals surface area contributed by atoms with E-state index in [1.54, 1.807) is 39.3 Å². The van der Waals surface area contributed by atoms with Crippen molar-refractivity contribution in [2.75, 3.05) is 7.05 Å². The summed E-state index contributed by atoms with van der Waals surface area (Å²) in [5.41, 5.74) is 0.782. The fourth-order valence-corrected chi connectivity index (χ4v) is 2.37. The summed E-state index contributed by atoms with van der Waals surface area (Å²) >= 11 is 0. The lowest BCUT2D eigenvalue weighted by Gasteiger charge is -2.16. The van der Waals surface area contributed by atoms with Crippen LogP contribution in [0.25, 0.3) is 11.1 Å². The van der Waals surface area contributed by atoms with Crippen molar-refractivity contribution in [3.05, 3.63) is 52.2 Å². The van der Waals surface area contributed by atoms with Crippen molar-refractivity contribution in [3.8, 4) is 0 Å². The highest BCUT2D eigenvalue weighted by Crippen LogP contribution is 2.19. The van der Waals surface area contributed by atoms with E-state index in [0.29, 0.717) is 29.2 Å². The fraction of sp³-hybridized carbons (Fsp3) is 0.312. The van der Waals surface area contributed by atoms with Crippen molar-refractivity contribution in [2.45, 2.75) is 26.9 Å². The number of fused-ring (bicyclic) bond motifs is 1. The average molecular weight is 315 g/mol. The molecule has 0 saturated carbocycles. The molecule has 0 aliphatic rings. The Bertz CT molecular complexity index is 905. The maximum Gasteiger partial charge on any atom is 0.265 e. The van der Waals surface area contributed by atoms with Crippen LogP contribution in [0.3, 0.4) is 0 Å². The Hall–Kier alpha value is -2.83. The van der Waals surface area contributed by atoms with Crippen molar-refractivity contribution >= 4 is 17.0 Å². The van der Waals surface area contributed by atoms with E-state index >= 15 is 0 Å². The highest BCUT2D eigenvalue weighted by atomic mass is 16.3. The number of furan rings is 2. The maximum atomic E-state index is 12.5. The van der Waals surface area contributed by atoms with Gasteiger partial charge in [-0.3, -0.25) is 14.2 Å². The number of carbonyl (C=O) groups is 1. The van der Waals surface area contributed by atoms with E-state index in [1.807, 2.05) is 0 Å². The van der Waals surface area contributed by atoms with Crippen LogP contribution in [0.1, 0.15) is 17.1 Å². The summed E-state index contributed by atoms with van der Waals surface area (Å²) in [6, 6.07) is 3.56. The molecule has 0 aliphatic carbocycles. The molecule has 120 valence electrons. The van der Waals surface area contributed by atoms with Gasteiger partial charge < -0.3 is 13.7 Å². The number of aromatic nitrogens is 2. The number of hydrogen-bond donors (Lipinski definition) is 0. The molecule has 0 N–H and O–H groups in total. The largest absolute Gasteiger partial charge is 0.467 e. The molecular formula is C16H17N3O4. The molecule has 0 bridgehead atoms. The van der Waals surface area contributed by atoms with Crippen LogP contribution in [-0.2, 0) is 17.9 Å². The second-order valence-corrected chi connectivity index (χ2v) is 5.47. The first kappa shape index (κ1) is 15.1. The Morgan fingerprint density at radius 2 is 2.17 bits per heavy atom. The Kier molecular flexibility index (Phi) is 3.77. The molecule has 7 nitrogen and oxygen atoms in total. The van der Waals surface area contributed by atoms with Crippen molar-refractivity contribution in [1.82, 2.24) is 14.5 Å².